The second kappa shape index (κ2) is 11.4. The van der Waals surface area contributed by atoms with Crippen molar-refractivity contribution in [3.8, 4) is 28.7 Å². The molecule has 0 N–H and O–H groups in total. The number of rotatable bonds is 6. The number of para-hydroxylation sites is 1. The maximum Gasteiger partial charge on any atom is 0.410 e. The topological polar surface area (TPSA) is 93.8 Å². The Bertz CT molecular complexity index is 1320. The van der Waals surface area contributed by atoms with Gasteiger partial charge in [-0.25, -0.2) is 9.59 Å². The molecule has 1 fully saturated rings. The molecule has 1 amide bonds. The summed E-state index contributed by atoms with van der Waals surface area (Å²) in [5.74, 6) is 0.818. The van der Waals surface area contributed by atoms with E-state index in [1.54, 1.807) is 16.4 Å². The van der Waals surface area contributed by atoms with Gasteiger partial charge in [0.2, 0.25) is 0 Å². The van der Waals surface area contributed by atoms with Gasteiger partial charge in [-0.15, -0.1) is 0 Å². The Kier molecular flexibility index (Phi) is 8.06. The highest BCUT2D eigenvalue weighted by molar-refractivity contribution is 5.94. The summed E-state index contributed by atoms with van der Waals surface area (Å²) in [5.41, 5.74) is 1.23. The first-order valence-corrected chi connectivity index (χ1v) is 12.8. The molecule has 1 saturated heterocycles. The monoisotopic (exact) mass is 515 g/mol. The summed E-state index contributed by atoms with van der Waals surface area (Å²) in [6.07, 6.45) is 2.92. The molecule has 1 aliphatic rings. The largest absolute Gasteiger partial charge is 0.461 e. The molecule has 1 aliphatic heterocycles. The quantitative estimate of drug-likeness (QED) is 0.345. The van der Waals surface area contributed by atoms with Crippen LogP contribution in [0.1, 0.15) is 62.6 Å². The number of carbonyl (C=O) groups excluding carboxylic acids is 2. The van der Waals surface area contributed by atoms with Gasteiger partial charge in [0.05, 0.1) is 18.2 Å². The van der Waals surface area contributed by atoms with E-state index in [9.17, 15) is 14.9 Å². The van der Waals surface area contributed by atoms with E-state index < -0.39 is 11.6 Å². The maximum absolute atomic E-state index is 13.1. The number of hydrogen-bond donors (Lipinski definition) is 0. The smallest absolute Gasteiger partial charge is 0.410 e. The Hall–Kier alpha value is -4.25. The summed E-state index contributed by atoms with van der Waals surface area (Å²) >= 11 is 0. The number of ether oxygens (including phenoxy) is 3. The van der Waals surface area contributed by atoms with Crippen LogP contribution in [0.3, 0.4) is 0 Å². The van der Waals surface area contributed by atoms with Crippen molar-refractivity contribution in [2.75, 3.05) is 19.7 Å². The fourth-order valence-corrected chi connectivity index (χ4v) is 4.55. The van der Waals surface area contributed by atoms with Crippen LogP contribution >= 0.6 is 0 Å². The molecular weight excluding hydrogens is 482 g/mol. The van der Waals surface area contributed by atoms with Crippen LogP contribution in [0.5, 0.6) is 11.5 Å². The van der Waals surface area contributed by atoms with Crippen molar-refractivity contribution in [1.29, 1.82) is 5.26 Å². The van der Waals surface area contributed by atoms with Crippen molar-refractivity contribution < 1.29 is 23.8 Å². The number of likely N-dealkylation sites (tertiary alicyclic amines) is 1. The molecule has 3 aromatic rings. The third-order valence-electron chi connectivity index (χ3n) is 6.20. The second-order valence-corrected chi connectivity index (χ2v) is 10.2. The van der Waals surface area contributed by atoms with E-state index in [0.717, 1.165) is 24.2 Å². The first kappa shape index (κ1) is 26.8. The first-order chi connectivity index (χ1) is 18.2. The lowest BCUT2D eigenvalue weighted by atomic mass is 10.0. The minimum absolute atomic E-state index is 0.185. The minimum atomic E-state index is -0.606. The van der Waals surface area contributed by atoms with E-state index in [1.165, 1.54) is 0 Å². The molecular formula is C30H33N3O5. The summed E-state index contributed by atoms with van der Waals surface area (Å²) in [4.78, 5) is 27.5. The minimum Gasteiger partial charge on any atom is -0.461 e. The van der Waals surface area contributed by atoms with Crippen molar-refractivity contribution in [1.82, 2.24) is 9.47 Å². The zero-order valence-corrected chi connectivity index (χ0v) is 22.3. The Morgan fingerprint density at radius 1 is 1.05 bits per heavy atom. The molecule has 198 valence electrons. The normalized spacial score (nSPS) is 15.4. The molecule has 0 aliphatic carbocycles. The highest BCUT2D eigenvalue weighted by Crippen LogP contribution is 2.35. The van der Waals surface area contributed by atoms with Crippen LogP contribution < -0.4 is 4.74 Å². The summed E-state index contributed by atoms with van der Waals surface area (Å²) < 4.78 is 18.6. The Balaban J connectivity index is 1.67. The van der Waals surface area contributed by atoms with E-state index in [1.807, 2.05) is 81.6 Å². The standard InChI is InChI=1S/C30H33N3O5/c1-5-36-28(34)27-25(18-31)26(21-13-15-24(16-14-21)37-23-11-7-6-8-12-23)20-33(27)22-10-9-17-32(19-22)29(35)38-30(2,3)4/h6-8,11-16,20,22H,5,9-10,17,19H2,1-4H3. The lowest BCUT2D eigenvalue weighted by Crippen LogP contribution is -2.43. The molecule has 8 nitrogen and oxygen atoms in total. The molecule has 8 heteroatoms. The molecule has 1 unspecified atom stereocenters. The van der Waals surface area contributed by atoms with Crippen LogP contribution in [0.4, 0.5) is 4.79 Å². The number of aromatic nitrogens is 1. The Labute approximate surface area is 223 Å². The van der Waals surface area contributed by atoms with Gasteiger partial charge < -0.3 is 23.7 Å². The van der Waals surface area contributed by atoms with Gasteiger partial charge in [-0.2, -0.15) is 5.26 Å². The molecule has 1 aromatic heterocycles. The molecule has 0 radical (unpaired) electrons. The molecule has 2 aromatic carbocycles. The fraction of sp³-hybridized carbons (Fsp3) is 0.367. The van der Waals surface area contributed by atoms with Gasteiger partial charge in [0.1, 0.15) is 28.9 Å². The van der Waals surface area contributed by atoms with Gasteiger partial charge >= 0.3 is 12.1 Å². The average molecular weight is 516 g/mol. The van der Waals surface area contributed by atoms with E-state index in [4.69, 9.17) is 14.2 Å². The summed E-state index contributed by atoms with van der Waals surface area (Å²) in [5, 5.41) is 10.1. The van der Waals surface area contributed by atoms with Crippen LogP contribution in [-0.2, 0) is 9.47 Å². The van der Waals surface area contributed by atoms with E-state index in [0.29, 0.717) is 24.4 Å². The van der Waals surface area contributed by atoms with Crippen LogP contribution in [0, 0.1) is 11.3 Å². The fourth-order valence-electron chi connectivity index (χ4n) is 4.55. The maximum atomic E-state index is 13.1. The zero-order valence-electron chi connectivity index (χ0n) is 22.3. The van der Waals surface area contributed by atoms with Crippen LogP contribution in [0.15, 0.2) is 60.8 Å². The molecule has 2 heterocycles. The lowest BCUT2D eigenvalue weighted by molar-refractivity contribution is 0.0171. The summed E-state index contributed by atoms with van der Waals surface area (Å²) in [6.45, 7) is 8.35. The van der Waals surface area contributed by atoms with Gasteiger partial charge in [0.15, 0.2) is 0 Å². The number of carbonyl (C=O) groups is 2. The van der Waals surface area contributed by atoms with Gasteiger partial charge in [0, 0.05) is 24.8 Å². The van der Waals surface area contributed by atoms with E-state index >= 15 is 0 Å². The Morgan fingerprint density at radius 3 is 2.37 bits per heavy atom. The highest BCUT2D eigenvalue weighted by Gasteiger charge is 2.33. The average Bonchev–Trinajstić information content (AvgIpc) is 3.29. The number of piperidine rings is 1. The number of benzene rings is 2. The van der Waals surface area contributed by atoms with Gasteiger partial charge in [0.25, 0.3) is 0 Å². The highest BCUT2D eigenvalue weighted by atomic mass is 16.6. The predicted molar refractivity (Wildman–Crippen MR) is 143 cm³/mol. The van der Waals surface area contributed by atoms with Crippen molar-refractivity contribution in [2.24, 2.45) is 0 Å². The molecule has 4 rings (SSSR count). The van der Waals surface area contributed by atoms with E-state index in [-0.39, 0.29) is 30.0 Å². The van der Waals surface area contributed by atoms with Crippen molar-refractivity contribution in [2.45, 2.75) is 52.2 Å². The van der Waals surface area contributed by atoms with Gasteiger partial charge in [-0.1, -0.05) is 30.3 Å². The van der Waals surface area contributed by atoms with Crippen molar-refractivity contribution in [3.63, 3.8) is 0 Å². The van der Waals surface area contributed by atoms with Crippen molar-refractivity contribution >= 4 is 12.1 Å². The SMILES string of the molecule is CCOC(=O)c1c(C#N)c(-c2ccc(Oc3ccccc3)cc2)cn1C1CCCN(C(=O)OC(C)(C)C)C1. The number of esters is 1. The van der Waals surface area contributed by atoms with Crippen LogP contribution in [-0.4, -0.2) is 46.8 Å². The third-order valence-corrected chi connectivity index (χ3v) is 6.20. The number of nitriles is 1. The molecule has 0 saturated carbocycles. The van der Waals surface area contributed by atoms with Crippen LogP contribution in [0.2, 0.25) is 0 Å². The number of nitrogens with zero attached hydrogens (tertiary/aromatic N) is 3. The first-order valence-electron chi connectivity index (χ1n) is 12.8. The molecule has 0 bridgehead atoms. The van der Waals surface area contributed by atoms with E-state index in [2.05, 4.69) is 6.07 Å². The van der Waals surface area contributed by atoms with Gasteiger partial charge in [-0.3, -0.25) is 0 Å². The summed E-state index contributed by atoms with van der Waals surface area (Å²) in [6, 6.07) is 18.9. The second-order valence-electron chi connectivity index (χ2n) is 10.2. The Morgan fingerprint density at radius 2 is 1.74 bits per heavy atom. The van der Waals surface area contributed by atoms with Gasteiger partial charge in [-0.05, 0) is 70.4 Å². The molecule has 1 atom stereocenters. The number of hydrogen-bond acceptors (Lipinski definition) is 6. The number of amides is 1. The third kappa shape index (κ3) is 6.17. The van der Waals surface area contributed by atoms with Crippen LogP contribution in [0.25, 0.3) is 11.1 Å². The van der Waals surface area contributed by atoms with Crippen molar-refractivity contribution in [3.05, 3.63) is 72.1 Å². The zero-order chi connectivity index (χ0) is 27.3. The summed E-state index contributed by atoms with van der Waals surface area (Å²) in [7, 11) is 0. The molecule has 38 heavy (non-hydrogen) atoms. The predicted octanol–water partition coefficient (Wildman–Crippen LogP) is 6.57. The molecule has 0 spiro atoms. The lowest BCUT2D eigenvalue weighted by Gasteiger charge is -2.35.